The standard InChI is InChI=1S/C22H27N3O4S2/c1-14-6-3-4-13-25(14)31(28,29)16-11-9-15(10-12-16)20(26)24-22-19(21(27)23-2)17-7-5-8-18(17)30-22/h9-12,14H,3-8,13H2,1-2H3,(H,23,27)(H,24,26)/t14-/m1/s1. The number of hydrogen-bond donors (Lipinski definition) is 2. The average Bonchev–Trinajstić information content (AvgIpc) is 3.34. The van der Waals surface area contributed by atoms with Gasteiger partial charge >= 0.3 is 0 Å². The van der Waals surface area contributed by atoms with Crippen LogP contribution in [0.4, 0.5) is 5.00 Å². The van der Waals surface area contributed by atoms with Gasteiger partial charge in [0, 0.05) is 30.1 Å². The quantitative estimate of drug-likeness (QED) is 0.713. The average molecular weight is 462 g/mol. The Hall–Kier alpha value is -2.23. The SMILES string of the molecule is CNC(=O)c1c(NC(=O)c2ccc(S(=O)(=O)N3CCCC[C@H]3C)cc2)sc2c1CCC2. The number of nitrogens with zero attached hydrogens (tertiary/aromatic N) is 1. The van der Waals surface area contributed by atoms with E-state index in [1.165, 1.54) is 35.6 Å². The molecule has 1 aliphatic heterocycles. The summed E-state index contributed by atoms with van der Waals surface area (Å²) in [5, 5.41) is 6.06. The highest BCUT2D eigenvalue weighted by Crippen LogP contribution is 2.39. The number of carbonyl (C=O) groups excluding carboxylic acids is 2. The van der Waals surface area contributed by atoms with Crippen molar-refractivity contribution in [3.05, 3.63) is 45.8 Å². The number of rotatable bonds is 5. The van der Waals surface area contributed by atoms with Crippen LogP contribution in [0.1, 0.15) is 63.8 Å². The van der Waals surface area contributed by atoms with Gasteiger partial charge in [-0.2, -0.15) is 4.31 Å². The molecule has 2 N–H and O–H groups in total. The molecule has 166 valence electrons. The minimum Gasteiger partial charge on any atom is -0.355 e. The maximum atomic E-state index is 13.0. The summed E-state index contributed by atoms with van der Waals surface area (Å²) in [6.07, 6.45) is 5.54. The molecule has 0 spiro atoms. The van der Waals surface area contributed by atoms with Crippen LogP contribution in [0.3, 0.4) is 0 Å². The molecule has 7 nitrogen and oxygen atoms in total. The number of benzene rings is 1. The van der Waals surface area contributed by atoms with Crippen molar-refractivity contribution in [2.45, 2.75) is 56.4 Å². The number of hydrogen-bond acceptors (Lipinski definition) is 5. The molecule has 4 rings (SSSR count). The van der Waals surface area contributed by atoms with Gasteiger partial charge in [0.15, 0.2) is 0 Å². The molecular formula is C22H27N3O4S2. The van der Waals surface area contributed by atoms with E-state index in [1.54, 1.807) is 11.4 Å². The topological polar surface area (TPSA) is 95.6 Å². The van der Waals surface area contributed by atoms with Gasteiger partial charge in [-0.25, -0.2) is 8.42 Å². The number of thiophene rings is 1. The molecule has 2 heterocycles. The molecular weight excluding hydrogens is 434 g/mol. The molecule has 1 atom stereocenters. The van der Waals surface area contributed by atoms with E-state index in [-0.39, 0.29) is 22.8 Å². The van der Waals surface area contributed by atoms with E-state index in [9.17, 15) is 18.0 Å². The van der Waals surface area contributed by atoms with E-state index in [0.717, 1.165) is 49.0 Å². The van der Waals surface area contributed by atoms with Crippen LogP contribution < -0.4 is 10.6 Å². The van der Waals surface area contributed by atoms with Crippen molar-refractivity contribution in [3.63, 3.8) is 0 Å². The number of amides is 2. The van der Waals surface area contributed by atoms with Gasteiger partial charge in [-0.3, -0.25) is 9.59 Å². The Morgan fingerprint density at radius 3 is 2.48 bits per heavy atom. The molecule has 1 aliphatic carbocycles. The molecule has 2 aliphatic rings. The third kappa shape index (κ3) is 4.14. The lowest BCUT2D eigenvalue weighted by Crippen LogP contribution is -2.41. The minimum atomic E-state index is -3.58. The van der Waals surface area contributed by atoms with Gasteiger partial charge in [0.25, 0.3) is 11.8 Å². The summed E-state index contributed by atoms with van der Waals surface area (Å²) in [5.41, 5.74) is 1.92. The van der Waals surface area contributed by atoms with Crippen molar-refractivity contribution in [2.75, 3.05) is 18.9 Å². The molecule has 1 aromatic heterocycles. The van der Waals surface area contributed by atoms with Crippen LogP contribution in [0.25, 0.3) is 0 Å². The minimum absolute atomic E-state index is 0.0226. The van der Waals surface area contributed by atoms with E-state index < -0.39 is 10.0 Å². The third-order valence-corrected chi connectivity index (χ3v) is 9.30. The maximum absolute atomic E-state index is 13.0. The lowest BCUT2D eigenvalue weighted by atomic mass is 10.1. The van der Waals surface area contributed by atoms with E-state index in [1.807, 2.05) is 6.92 Å². The highest BCUT2D eigenvalue weighted by atomic mass is 32.2. The Labute approximate surface area is 186 Å². The molecule has 1 fully saturated rings. The maximum Gasteiger partial charge on any atom is 0.256 e. The highest BCUT2D eigenvalue weighted by molar-refractivity contribution is 7.89. The number of aryl methyl sites for hydroxylation is 1. The summed E-state index contributed by atoms with van der Waals surface area (Å²) in [5.74, 6) is -0.563. The van der Waals surface area contributed by atoms with Crippen molar-refractivity contribution in [1.29, 1.82) is 0 Å². The van der Waals surface area contributed by atoms with Crippen molar-refractivity contribution < 1.29 is 18.0 Å². The Morgan fingerprint density at radius 1 is 1.06 bits per heavy atom. The molecule has 9 heteroatoms. The third-order valence-electron chi connectivity index (χ3n) is 6.07. The number of carbonyl (C=O) groups is 2. The molecule has 0 bridgehead atoms. The molecule has 2 amide bonds. The number of anilines is 1. The van der Waals surface area contributed by atoms with E-state index in [2.05, 4.69) is 10.6 Å². The fourth-order valence-corrected chi connectivity index (χ4v) is 7.36. The molecule has 0 radical (unpaired) electrons. The largest absolute Gasteiger partial charge is 0.355 e. The fraction of sp³-hybridized carbons (Fsp3) is 0.455. The van der Waals surface area contributed by atoms with Crippen LogP contribution in [0, 0.1) is 0 Å². The second-order valence-corrected chi connectivity index (χ2v) is 11.1. The molecule has 2 aromatic rings. The summed E-state index contributed by atoms with van der Waals surface area (Å²) < 4.78 is 27.5. The first-order chi connectivity index (χ1) is 14.8. The van der Waals surface area contributed by atoms with Gasteiger partial charge in [0.1, 0.15) is 5.00 Å². The van der Waals surface area contributed by atoms with Crippen LogP contribution >= 0.6 is 11.3 Å². The summed E-state index contributed by atoms with van der Waals surface area (Å²) in [4.78, 5) is 26.5. The normalized spacial score (nSPS) is 19.1. The lowest BCUT2D eigenvalue weighted by molar-refractivity contribution is 0.0963. The molecule has 1 aromatic carbocycles. The first-order valence-electron chi connectivity index (χ1n) is 10.6. The zero-order valence-electron chi connectivity index (χ0n) is 17.7. The van der Waals surface area contributed by atoms with Crippen molar-refractivity contribution in [1.82, 2.24) is 9.62 Å². The molecule has 31 heavy (non-hydrogen) atoms. The first-order valence-corrected chi connectivity index (χ1v) is 12.9. The summed E-state index contributed by atoms with van der Waals surface area (Å²) >= 11 is 1.45. The predicted molar refractivity (Wildman–Crippen MR) is 121 cm³/mol. The molecule has 0 unspecified atom stereocenters. The second kappa shape index (κ2) is 8.72. The summed E-state index contributed by atoms with van der Waals surface area (Å²) in [6, 6.07) is 6.00. The van der Waals surface area contributed by atoms with E-state index in [0.29, 0.717) is 22.7 Å². The van der Waals surface area contributed by atoms with Crippen molar-refractivity contribution in [2.24, 2.45) is 0 Å². The smallest absolute Gasteiger partial charge is 0.256 e. The van der Waals surface area contributed by atoms with Crippen LogP contribution in [0.5, 0.6) is 0 Å². The predicted octanol–water partition coefficient (Wildman–Crippen LogP) is 3.41. The first kappa shape index (κ1) is 22.0. The van der Waals surface area contributed by atoms with E-state index >= 15 is 0 Å². The monoisotopic (exact) mass is 461 g/mol. The lowest BCUT2D eigenvalue weighted by Gasteiger charge is -2.32. The van der Waals surface area contributed by atoms with Gasteiger partial charge < -0.3 is 10.6 Å². The Morgan fingerprint density at radius 2 is 1.81 bits per heavy atom. The number of fused-ring (bicyclic) bond motifs is 1. The van der Waals surface area contributed by atoms with Crippen LogP contribution in [-0.2, 0) is 22.9 Å². The van der Waals surface area contributed by atoms with Gasteiger partial charge in [-0.15, -0.1) is 11.3 Å². The Balaban J connectivity index is 1.54. The Kier molecular flexibility index (Phi) is 6.18. The van der Waals surface area contributed by atoms with Gasteiger partial charge in [0.05, 0.1) is 10.5 Å². The molecule has 0 saturated carbocycles. The zero-order chi connectivity index (χ0) is 22.2. The number of piperidine rings is 1. The summed E-state index contributed by atoms with van der Waals surface area (Å²) in [6.45, 7) is 2.46. The number of nitrogens with one attached hydrogen (secondary N) is 2. The van der Waals surface area contributed by atoms with Gasteiger partial charge in [-0.1, -0.05) is 6.42 Å². The van der Waals surface area contributed by atoms with Crippen molar-refractivity contribution in [3.8, 4) is 0 Å². The van der Waals surface area contributed by atoms with Crippen LogP contribution in [0.2, 0.25) is 0 Å². The Bertz CT molecular complexity index is 1110. The van der Waals surface area contributed by atoms with Crippen LogP contribution in [-0.4, -0.2) is 44.2 Å². The van der Waals surface area contributed by atoms with Crippen molar-refractivity contribution >= 4 is 38.2 Å². The zero-order valence-corrected chi connectivity index (χ0v) is 19.4. The number of sulfonamides is 1. The highest BCUT2D eigenvalue weighted by Gasteiger charge is 2.31. The van der Waals surface area contributed by atoms with Crippen LogP contribution in [0.15, 0.2) is 29.2 Å². The van der Waals surface area contributed by atoms with Gasteiger partial charge in [-0.05, 0) is 68.9 Å². The summed E-state index contributed by atoms with van der Waals surface area (Å²) in [7, 11) is -2.00. The van der Waals surface area contributed by atoms with Gasteiger partial charge in [0.2, 0.25) is 10.0 Å². The fourth-order valence-electron chi connectivity index (χ4n) is 4.38. The van der Waals surface area contributed by atoms with E-state index in [4.69, 9.17) is 0 Å². The molecule has 1 saturated heterocycles. The second-order valence-electron chi connectivity index (χ2n) is 8.08.